The number of rotatable bonds is 9. The van der Waals surface area contributed by atoms with E-state index in [1.807, 2.05) is 60.7 Å². The molecule has 0 bridgehead atoms. The van der Waals surface area contributed by atoms with E-state index in [-0.39, 0.29) is 37.1 Å². The van der Waals surface area contributed by atoms with Crippen molar-refractivity contribution in [3.63, 3.8) is 0 Å². The Kier molecular flexibility index (Phi) is 11.0. The Labute approximate surface area is 183 Å². The van der Waals surface area contributed by atoms with E-state index in [0.29, 0.717) is 18.9 Å². The van der Waals surface area contributed by atoms with Gasteiger partial charge >= 0.3 is 0 Å². The van der Waals surface area contributed by atoms with Gasteiger partial charge in [0.2, 0.25) is 5.91 Å². The summed E-state index contributed by atoms with van der Waals surface area (Å²) in [5.41, 5.74) is 2.63. The summed E-state index contributed by atoms with van der Waals surface area (Å²) < 4.78 is 0. The maximum atomic E-state index is 12.0. The van der Waals surface area contributed by atoms with Crippen molar-refractivity contribution in [2.24, 2.45) is 0 Å². The summed E-state index contributed by atoms with van der Waals surface area (Å²) in [6.07, 6.45) is 2.18. The Morgan fingerprint density at radius 2 is 1.69 bits per heavy atom. The quantitative estimate of drug-likeness (QED) is 0.387. The first-order valence-corrected chi connectivity index (χ1v) is 9.02. The fourth-order valence-electron chi connectivity index (χ4n) is 2.76. The number of aromatic amines is 1. The van der Waals surface area contributed by atoms with Crippen molar-refractivity contribution < 1.29 is 9.90 Å². The average Bonchev–Trinajstić information content (AvgIpc) is 3.13. The maximum Gasteiger partial charge on any atom is 0.231 e. The van der Waals surface area contributed by atoms with Crippen molar-refractivity contribution in [2.45, 2.75) is 18.9 Å². The average molecular weight is 437 g/mol. The molecular formula is C21H26Cl2N4O2. The molecule has 8 heteroatoms. The van der Waals surface area contributed by atoms with Crippen LogP contribution in [0.1, 0.15) is 23.2 Å². The van der Waals surface area contributed by atoms with Gasteiger partial charge < -0.3 is 20.7 Å². The molecule has 0 saturated carbocycles. The molecule has 0 aliphatic carbocycles. The van der Waals surface area contributed by atoms with Crippen molar-refractivity contribution in [3.8, 4) is 0 Å². The second kappa shape index (κ2) is 13.0. The number of aliphatic hydroxyl groups is 1. The molecule has 0 unspecified atom stereocenters. The molecule has 29 heavy (non-hydrogen) atoms. The topological polar surface area (TPSA) is 90.0 Å². The predicted molar refractivity (Wildman–Crippen MR) is 120 cm³/mol. The van der Waals surface area contributed by atoms with Crippen LogP contribution in [-0.4, -0.2) is 34.1 Å². The van der Waals surface area contributed by atoms with E-state index < -0.39 is 6.10 Å². The third-order valence-corrected chi connectivity index (χ3v) is 4.16. The third-order valence-electron chi connectivity index (χ3n) is 4.16. The zero-order chi connectivity index (χ0) is 18.9. The molecule has 3 aromatic rings. The number of amides is 1. The van der Waals surface area contributed by atoms with Gasteiger partial charge in [0, 0.05) is 37.1 Å². The van der Waals surface area contributed by atoms with Gasteiger partial charge in [0.25, 0.3) is 0 Å². The number of benzene rings is 2. The number of imidazole rings is 1. The van der Waals surface area contributed by atoms with Crippen LogP contribution in [0.3, 0.4) is 0 Å². The van der Waals surface area contributed by atoms with E-state index in [9.17, 15) is 9.90 Å². The molecule has 0 aliphatic heterocycles. The van der Waals surface area contributed by atoms with Crippen LogP contribution < -0.4 is 10.6 Å². The lowest BCUT2D eigenvalue weighted by Crippen LogP contribution is -2.23. The summed E-state index contributed by atoms with van der Waals surface area (Å²) in [7, 11) is 0. The van der Waals surface area contributed by atoms with E-state index in [0.717, 1.165) is 23.4 Å². The standard InChI is InChI=1S/C21H24N4O2.2ClH/c26-19(16-7-3-1-4-8-16)15-22-12-11-18-14-23-20(24-18)13-21(27)25-17-9-5-2-6-10-17;;/h1-10,14,19,22,26H,11-13,15H2,(H,23,24)(H,25,27);2*1H/t19-;;/m0../s1. The number of carbonyl (C=O) groups is 1. The number of para-hydroxylation sites is 1. The van der Waals surface area contributed by atoms with E-state index in [4.69, 9.17) is 0 Å². The molecule has 6 nitrogen and oxygen atoms in total. The van der Waals surface area contributed by atoms with Gasteiger partial charge in [0.05, 0.1) is 12.5 Å². The zero-order valence-corrected chi connectivity index (χ0v) is 17.5. The molecule has 0 radical (unpaired) electrons. The predicted octanol–water partition coefficient (Wildman–Crippen LogP) is 3.30. The fourth-order valence-corrected chi connectivity index (χ4v) is 2.76. The number of carbonyl (C=O) groups excluding carboxylic acids is 1. The van der Waals surface area contributed by atoms with Gasteiger partial charge in [0.15, 0.2) is 0 Å². The highest BCUT2D eigenvalue weighted by Gasteiger charge is 2.09. The second-order valence-corrected chi connectivity index (χ2v) is 6.33. The van der Waals surface area contributed by atoms with Crippen molar-refractivity contribution in [1.82, 2.24) is 15.3 Å². The smallest absolute Gasteiger partial charge is 0.231 e. The van der Waals surface area contributed by atoms with Gasteiger partial charge in [-0.15, -0.1) is 24.8 Å². The molecule has 156 valence electrons. The second-order valence-electron chi connectivity index (χ2n) is 6.33. The monoisotopic (exact) mass is 436 g/mol. The number of aromatic nitrogens is 2. The van der Waals surface area contributed by atoms with Crippen molar-refractivity contribution in [1.29, 1.82) is 0 Å². The number of nitrogens with zero attached hydrogens (tertiary/aromatic N) is 1. The minimum Gasteiger partial charge on any atom is -0.387 e. The molecule has 1 atom stereocenters. The molecule has 0 aliphatic rings. The van der Waals surface area contributed by atoms with Gasteiger partial charge in [-0.25, -0.2) is 4.98 Å². The van der Waals surface area contributed by atoms with Crippen LogP contribution in [0.2, 0.25) is 0 Å². The number of halogens is 2. The number of anilines is 1. The normalized spacial score (nSPS) is 11.1. The highest BCUT2D eigenvalue weighted by molar-refractivity contribution is 5.91. The summed E-state index contributed by atoms with van der Waals surface area (Å²) in [6.45, 7) is 1.20. The molecule has 1 heterocycles. The van der Waals surface area contributed by atoms with Crippen LogP contribution in [0.4, 0.5) is 5.69 Å². The summed E-state index contributed by atoms with van der Waals surface area (Å²) in [5, 5.41) is 16.2. The summed E-state index contributed by atoms with van der Waals surface area (Å²) in [4.78, 5) is 19.5. The Balaban J connectivity index is 0.00000210. The first kappa shape index (κ1) is 24.7. The van der Waals surface area contributed by atoms with Gasteiger partial charge in [-0.3, -0.25) is 4.79 Å². The number of hydrogen-bond donors (Lipinski definition) is 4. The Morgan fingerprint density at radius 3 is 2.38 bits per heavy atom. The Morgan fingerprint density at radius 1 is 1.03 bits per heavy atom. The molecule has 0 saturated heterocycles. The highest BCUT2D eigenvalue weighted by atomic mass is 35.5. The largest absolute Gasteiger partial charge is 0.387 e. The lowest BCUT2D eigenvalue weighted by atomic mass is 10.1. The van der Waals surface area contributed by atoms with Crippen molar-refractivity contribution in [3.05, 3.63) is 83.9 Å². The van der Waals surface area contributed by atoms with Gasteiger partial charge in [-0.2, -0.15) is 0 Å². The number of H-pyrrole nitrogens is 1. The lowest BCUT2D eigenvalue weighted by Gasteiger charge is -2.11. The van der Waals surface area contributed by atoms with Gasteiger partial charge in [-0.05, 0) is 17.7 Å². The van der Waals surface area contributed by atoms with Crippen LogP contribution >= 0.6 is 24.8 Å². The lowest BCUT2D eigenvalue weighted by molar-refractivity contribution is -0.115. The molecule has 1 aromatic heterocycles. The van der Waals surface area contributed by atoms with E-state index in [2.05, 4.69) is 20.6 Å². The van der Waals surface area contributed by atoms with Crippen LogP contribution in [-0.2, 0) is 17.6 Å². The molecule has 3 rings (SSSR count). The summed E-state index contributed by atoms with van der Waals surface area (Å²) in [5.74, 6) is 0.536. The molecule has 1 amide bonds. The molecule has 2 aromatic carbocycles. The summed E-state index contributed by atoms with van der Waals surface area (Å²) >= 11 is 0. The first-order chi connectivity index (χ1) is 13.2. The Bertz CT molecular complexity index is 844. The minimum atomic E-state index is -0.523. The molecule has 0 spiro atoms. The fraction of sp³-hybridized carbons (Fsp3) is 0.238. The number of aliphatic hydroxyl groups excluding tert-OH is 1. The first-order valence-electron chi connectivity index (χ1n) is 9.02. The minimum absolute atomic E-state index is 0. The van der Waals surface area contributed by atoms with Gasteiger partial charge in [0.1, 0.15) is 5.82 Å². The number of nitrogens with one attached hydrogen (secondary N) is 3. The van der Waals surface area contributed by atoms with Crippen LogP contribution in [0, 0.1) is 0 Å². The van der Waals surface area contributed by atoms with Crippen molar-refractivity contribution >= 4 is 36.4 Å². The van der Waals surface area contributed by atoms with Crippen LogP contribution in [0.25, 0.3) is 0 Å². The van der Waals surface area contributed by atoms with E-state index >= 15 is 0 Å². The number of hydrogen-bond acceptors (Lipinski definition) is 4. The van der Waals surface area contributed by atoms with Crippen molar-refractivity contribution in [2.75, 3.05) is 18.4 Å². The molecular weight excluding hydrogens is 411 g/mol. The zero-order valence-electron chi connectivity index (χ0n) is 15.9. The highest BCUT2D eigenvalue weighted by Crippen LogP contribution is 2.10. The maximum absolute atomic E-state index is 12.0. The SMILES string of the molecule is Cl.Cl.O=C(Cc1ncc(CCNC[C@H](O)c2ccccc2)[nH]1)Nc1ccccc1. The summed E-state index contributed by atoms with van der Waals surface area (Å²) in [6, 6.07) is 18.9. The van der Waals surface area contributed by atoms with E-state index in [1.165, 1.54) is 0 Å². The Hall–Kier alpha value is -2.38. The molecule has 0 fully saturated rings. The van der Waals surface area contributed by atoms with Crippen LogP contribution in [0.5, 0.6) is 0 Å². The molecule has 4 N–H and O–H groups in total. The van der Waals surface area contributed by atoms with Crippen LogP contribution in [0.15, 0.2) is 66.9 Å². The van der Waals surface area contributed by atoms with Gasteiger partial charge in [-0.1, -0.05) is 48.5 Å². The van der Waals surface area contributed by atoms with E-state index in [1.54, 1.807) is 6.20 Å². The third kappa shape index (κ3) is 8.25.